The molecule has 7 nitrogen and oxygen atoms in total. The van der Waals surface area contributed by atoms with Gasteiger partial charge in [-0.1, -0.05) is 55.8 Å². The molecule has 8 heteroatoms. The van der Waals surface area contributed by atoms with E-state index in [2.05, 4.69) is 12.2 Å². The highest BCUT2D eigenvalue weighted by atomic mass is 32.2. The number of unbranched alkanes of at least 4 members (excludes halogenated alkanes) is 1. The molecule has 2 rings (SSSR count). The molecule has 0 saturated carbocycles. The molecule has 0 radical (unpaired) electrons. The van der Waals surface area contributed by atoms with Crippen LogP contribution in [0.15, 0.2) is 48.5 Å². The van der Waals surface area contributed by atoms with Crippen molar-refractivity contribution in [1.29, 1.82) is 0 Å². The van der Waals surface area contributed by atoms with Gasteiger partial charge in [-0.05, 0) is 56.4 Å². The molecule has 2 aromatic carbocycles. The van der Waals surface area contributed by atoms with Crippen LogP contribution in [0, 0.1) is 13.8 Å². The zero-order chi connectivity index (χ0) is 26.0. The van der Waals surface area contributed by atoms with Gasteiger partial charge >= 0.3 is 0 Å². The second-order valence-electron chi connectivity index (χ2n) is 9.06. The third-order valence-corrected chi connectivity index (χ3v) is 7.16. The van der Waals surface area contributed by atoms with Gasteiger partial charge in [0.05, 0.1) is 11.9 Å². The summed E-state index contributed by atoms with van der Waals surface area (Å²) in [5, 5.41) is 2.91. The predicted molar refractivity (Wildman–Crippen MR) is 142 cm³/mol. The lowest BCUT2D eigenvalue weighted by molar-refractivity contribution is -0.140. The Labute approximate surface area is 210 Å². The van der Waals surface area contributed by atoms with Crippen LogP contribution in [-0.4, -0.2) is 50.5 Å². The molecule has 192 valence electrons. The number of aryl methyl sites for hydroxylation is 2. The zero-order valence-electron chi connectivity index (χ0n) is 21.6. The maximum Gasteiger partial charge on any atom is 0.242 e. The highest BCUT2D eigenvalue weighted by molar-refractivity contribution is 7.92. The smallest absolute Gasteiger partial charge is 0.242 e. The predicted octanol–water partition coefficient (Wildman–Crippen LogP) is 4.18. The standard InChI is InChI=1S/C27H39N3O4S/c1-6-7-17-28-27(32)23(4)29(20-24-12-9-8-10-13-24)26(31)14-11-18-30(35(5,33)34)25-19-21(2)15-16-22(25)3/h8-10,12-13,15-16,19,23H,6-7,11,14,17-18,20H2,1-5H3,(H,28,32)/t23-/m0/s1. The average Bonchev–Trinajstić information content (AvgIpc) is 2.81. The van der Waals surface area contributed by atoms with Gasteiger partial charge in [-0.15, -0.1) is 0 Å². The molecule has 1 N–H and O–H groups in total. The fourth-order valence-corrected chi connectivity index (χ4v) is 4.88. The highest BCUT2D eigenvalue weighted by Crippen LogP contribution is 2.24. The van der Waals surface area contributed by atoms with Crippen LogP contribution in [0.5, 0.6) is 0 Å². The molecule has 0 spiro atoms. The van der Waals surface area contributed by atoms with Crippen LogP contribution < -0.4 is 9.62 Å². The first-order chi connectivity index (χ1) is 16.5. The van der Waals surface area contributed by atoms with Crippen molar-refractivity contribution in [3.63, 3.8) is 0 Å². The van der Waals surface area contributed by atoms with Gasteiger partial charge in [0, 0.05) is 26.1 Å². The number of nitrogens with zero attached hydrogens (tertiary/aromatic N) is 2. The van der Waals surface area contributed by atoms with Gasteiger partial charge in [-0.3, -0.25) is 13.9 Å². The van der Waals surface area contributed by atoms with Crippen LogP contribution >= 0.6 is 0 Å². The molecule has 0 heterocycles. The van der Waals surface area contributed by atoms with E-state index in [0.29, 0.717) is 25.2 Å². The molecule has 0 aliphatic rings. The highest BCUT2D eigenvalue weighted by Gasteiger charge is 2.26. The molecule has 0 aromatic heterocycles. The molecule has 0 fully saturated rings. The molecule has 0 aliphatic heterocycles. The Balaban J connectivity index is 2.15. The minimum absolute atomic E-state index is 0.135. The van der Waals surface area contributed by atoms with Crippen molar-refractivity contribution in [2.24, 2.45) is 0 Å². The molecule has 1 atom stereocenters. The summed E-state index contributed by atoms with van der Waals surface area (Å²) >= 11 is 0. The topological polar surface area (TPSA) is 86.8 Å². The van der Waals surface area contributed by atoms with Crippen LogP contribution in [0.2, 0.25) is 0 Å². The Bertz CT molecular complexity index is 1090. The molecule has 0 bridgehead atoms. The third kappa shape index (κ3) is 8.69. The van der Waals surface area contributed by atoms with Crippen LogP contribution in [0.4, 0.5) is 5.69 Å². The van der Waals surface area contributed by atoms with Crippen LogP contribution in [0.1, 0.15) is 56.2 Å². The van der Waals surface area contributed by atoms with Gasteiger partial charge in [-0.25, -0.2) is 8.42 Å². The van der Waals surface area contributed by atoms with E-state index in [1.165, 1.54) is 10.6 Å². The Morgan fingerprint density at radius 2 is 1.71 bits per heavy atom. The fraction of sp³-hybridized carbons (Fsp3) is 0.481. The van der Waals surface area contributed by atoms with Crippen molar-refractivity contribution < 1.29 is 18.0 Å². The first-order valence-electron chi connectivity index (χ1n) is 12.2. The third-order valence-electron chi connectivity index (χ3n) is 5.98. The number of nitrogens with one attached hydrogen (secondary N) is 1. The van der Waals surface area contributed by atoms with Gasteiger partial charge in [-0.2, -0.15) is 0 Å². The molecule has 35 heavy (non-hydrogen) atoms. The normalized spacial score (nSPS) is 12.1. The number of hydrogen-bond donors (Lipinski definition) is 1. The summed E-state index contributed by atoms with van der Waals surface area (Å²) in [7, 11) is -3.52. The first kappa shape index (κ1) is 28.4. The second kappa shape index (κ2) is 13.3. The SMILES string of the molecule is CCCCNC(=O)[C@H](C)N(Cc1ccccc1)C(=O)CCCN(c1cc(C)ccc1C)S(C)(=O)=O. The van der Waals surface area contributed by atoms with Crippen molar-refractivity contribution >= 4 is 27.5 Å². The lowest BCUT2D eigenvalue weighted by Crippen LogP contribution is -2.48. The van der Waals surface area contributed by atoms with E-state index in [4.69, 9.17) is 0 Å². The molecule has 0 unspecified atom stereocenters. The van der Waals surface area contributed by atoms with Gasteiger partial charge in [0.25, 0.3) is 0 Å². The molecule has 0 aliphatic carbocycles. The van der Waals surface area contributed by atoms with Crippen LogP contribution in [0.25, 0.3) is 0 Å². The molecular formula is C27H39N3O4S. The monoisotopic (exact) mass is 501 g/mol. The maximum absolute atomic E-state index is 13.3. The van der Waals surface area contributed by atoms with E-state index >= 15 is 0 Å². The van der Waals surface area contributed by atoms with Crippen molar-refractivity contribution in [2.45, 2.75) is 66.0 Å². The van der Waals surface area contributed by atoms with Crippen LogP contribution in [0.3, 0.4) is 0 Å². The van der Waals surface area contributed by atoms with Crippen molar-refractivity contribution in [3.8, 4) is 0 Å². The number of carbonyl (C=O) groups excluding carboxylic acids is 2. The van der Waals surface area contributed by atoms with Gasteiger partial charge in [0.2, 0.25) is 21.8 Å². The molecule has 0 saturated heterocycles. The summed E-state index contributed by atoms with van der Waals surface area (Å²) < 4.78 is 26.5. The largest absolute Gasteiger partial charge is 0.354 e. The summed E-state index contributed by atoms with van der Waals surface area (Å²) in [6.07, 6.45) is 3.51. The van der Waals surface area contributed by atoms with Crippen molar-refractivity contribution in [3.05, 3.63) is 65.2 Å². The van der Waals surface area contributed by atoms with E-state index in [-0.39, 0.29) is 24.8 Å². The quantitative estimate of drug-likeness (QED) is 0.417. The van der Waals surface area contributed by atoms with Crippen molar-refractivity contribution in [1.82, 2.24) is 10.2 Å². The average molecular weight is 502 g/mol. The number of benzene rings is 2. The van der Waals surface area contributed by atoms with E-state index < -0.39 is 16.1 Å². The Morgan fingerprint density at radius 1 is 1.03 bits per heavy atom. The summed E-state index contributed by atoms with van der Waals surface area (Å²) in [5.41, 5.74) is 3.38. The van der Waals surface area contributed by atoms with Crippen LogP contribution in [-0.2, 0) is 26.2 Å². The Hall–Kier alpha value is -2.87. The maximum atomic E-state index is 13.3. The lowest BCUT2D eigenvalue weighted by Gasteiger charge is -2.29. The minimum Gasteiger partial charge on any atom is -0.354 e. The number of carbonyl (C=O) groups is 2. The van der Waals surface area contributed by atoms with E-state index in [9.17, 15) is 18.0 Å². The number of sulfonamides is 1. The summed E-state index contributed by atoms with van der Waals surface area (Å²) in [6, 6.07) is 14.6. The lowest BCUT2D eigenvalue weighted by atomic mass is 10.1. The summed E-state index contributed by atoms with van der Waals surface area (Å²) in [5.74, 6) is -0.364. The number of anilines is 1. The summed E-state index contributed by atoms with van der Waals surface area (Å²) in [6.45, 7) is 8.66. The zero-order valence-corrected chi connectivity index (χ0v) is 22.4. The molecule has 2 amide bonds. The second-order valence-corrected chi connectivity index (χ2v) is 11.0. The first-order valence-corrected chi connectivity index (χ1v) is 14.1. The Morgan fingerprint density at radius 3 is 2.34 bits per heavy atom. The van der Waals surface area contributed by atoms with Gasteiger partial charge < -0.3 is 10.2 Å². The van der Waals surface area contributed by atoms with Gasteiger partial charge in [0.1, 0.15) is 6.04 Å². The number of amides is 2. The number of rotatable bonds is 13. The van der Waals surface area contributed by atoms with Gasteiger partial charge in [0.15, 0.2) is 0 Å². The fourth-order valence-electron chi connectivity index (χ4n) is 3.87. The minimum atomic E-state index is -3.52. The van der Waals surface area contributed by atoms with E-state index in [1.807, 2.05) is 62.4 Å². The molecule has 2 aromatic rings. The van der Waals surface area contributed by atoms with E-state index in [0.717, 1.165) is 29.5 Å². The number of hydrogen-bond acceptors (Lipinski definition) is 4. The Kier molecular flexibility index (Phi) is 10.8. The summed E-state index contributed by atoms with van der Waals surface area (Å²) in [4.78, 5) is 27.6. The van der Waals surface area contributed by atoms with Crippen molar-refractivity contribution in [2.75, 3.05) is 23.7 Å². The van der Waals surface area contributed by atoms with E-state index in [1.54, 1.807) is 11.8 Å². The molecular weight excluding hydrogens is 462 g/mol.